The number of nitrogens with one attached hydrogen (secondary N) is 1. The van der Waals surface area contributed by atoms with Crippen molar-refractivity contribution in [3.8, 4) is 11.1 Å². The van der Waals surface area contributed by atoms with Gasteiger partial charge in [0.2, 0.25) is 0 Å². The summed E-state index contributed by atoms with van der Waals surface area (Å²) in [5.74, 6) is -1.05. The quantitative estimate of drug-likeness (QED) is 0.427. The Morgan fingerprint density at radius 2 is 1.63 bits per heavy atom. The number of nitrogens with zero attached hydrogens (tertiary/aromatic N) is 1. The molecule has 27 heavy (non-hydrogen) atoms. The number of rotatable bonds is 8. The number of carbonyl (C=O) groups excluding carboxylic acids is 2. The SMILES string of the molecule is CCC[C@H](C(=O)OCC)/C(C)=N/NC(=O)c1ccc(-c2ccccc2)cc1. The number of hydrogen-bond acceptors (Lipinski definition) is 4. The Hall–Kier alpha value is -2.95. The Balaban J connectivity index is 2.05. The molecule has 0 saturated heterocycles. The first kappa shape index (κ1) is 20.4. The highest BCUT2D eigenvalue weighted by atomic mass is 16.5. The van der Waals surface area contributed by atoms with E-state index in [-0.39, 0.29) is 11.9 Å². The van der Waals surface area contributed by atoms with Crippen molar-refractivity contribution >= 4 is 17.6 Å². The summed E-state index contributed by atoms with van der Waals surface area (Å²) < 4.78 is 5.09. The molecule has 0 heterocycles. The lowest BCUT2D eigenvalue weighted by molar-refractivity contribution is -0.145. The van der Waals surface area contributed by atoms with Gasteiger partial charge in [0, 0.05) is 11.3 Å². The topological polar surface area (TPSA) is 67.8 Å². The molecule has 0 fully saturated rings. The molecular formula is C22H26N2O3. The molecule has 2 aromatic rings. The molecule has 0 saturated carbocycles. The summed E-state index contributed by atoms with van der Waals surface area (Å²) in [5, 5.41) is 4.12. The number of hydrazone groups is 1. The van der Waals surface area contributed by atoms with Crippen molar-refractivity contribution in [2.75, 3.05) is 6.61 Å². The Bertz CT molecular complexity index is 783. The summed E-state index contributed by atoms with van der Waals surface area (Å²) in [4.78, 5) is 24.4. The normalized spacial score (nSPS) is 12.3. The molecule has 0 aliphatic carbocycles. The number of benzene rings is 2. The van der Waals surface area contributed by atoms with E-state index in [0.29, 0.717) is 24.3 Å². The third-order valence-corrected chi connectivity index (χ3v) is 4.24. The van der Waals surface area contributed by atoms with Crippen molar-refractivity contribution < 1.29 is 14.3 Å². The highest BCUT2D eigenvalue weighted by molar-refractivity contribution is 6.02. The van der Waals surface area contributed by atoms with Crippen molar-refractivity contribution in [3.63, 3.8) is 0 Å². The molecule has 0 radical (unpaired) electrons. The molecule has 1 amide bonds. The summed E-state index contributed by atoms with van der Waals surface area (Å²) in [6.07, 6.45) is 1.46. The third kappa shape index (κ3) is 5.78. The zero-order valence-corrected chi connectivity index (χ0v) is 16.1. The highest BCUT2D eigenvalue weighted by Crippen LogP contribution is 2.19. The van der Waals surface area contributed by atoms with Crippen molar-refractivity contribution in [2.24, 2.45) is 11.0 Å². The summed E-state index contributed by atoms with van der Waals surface area (Å²) in [6, 6.07) is 17.3. The van der Waals surface area contributed by atoms with Crippen LogP contribution in [0.2, 0.25) is 0 Å². The van der Waals surface area contributed by atoms with Gasteiger partial charge in [-0.2, -0.15) is 5.10 Å². The fourth-order valence-electron chi connectivity index (χ4n) is 2.75. The van der Waals surface area contributed by atoms with Crippen LogP contribution in [0.1, 0.15) is 44.0 Å². The lowest BCUT2D eigenvalue weighted by Gasteiger charge is -2.14. The van der Waals surface area contributed by atoms with Gasteiger partial charge in [-0.25, -0.2) is 5.43 Å². The minimum atomic E-state index is -0.435. The van der Waals surface area contributed by atoms with Crippen LogP contribution >= 0.6 is 0 Å². The van der Waals surface area contributed by atoms with Crippen LogP contribution in [0, 0.1) is 5.92 Å². The van der Waals surface area contributed by atoms with Crippen molar-refractivity contribution in [3.05, 3.63) is 60.2 Å². The van der Waals surface area contributed by atoms with Gasteiger partial charge in [0.05, 0.1) is 12.5 Å². The monoisotopic (exact) mass is 366 g/mol. The first-order valence-corrected chi connectivity index (χ1v) is 9.23. The first-order chi connectivity index (χ1) is 13.1. The van der Waals surface area contributed by atoms with Crippen LogP contribution in [0.5, 0.6) is 0 Å². The van der Waals surface area contributed by atoms with E-state index in [1.165, 1.54) is 0 Å². The molecule has 0 spiro atoms. The minimum Gasteiger partial charge on any atom is -0.465 e. The molecule has 2 rings (SSSR count). The van der Waals surface area contributed by atoms with Crippen molar-refractivity contribution in [1.29, 1.82) is 0 Å². The van der Waals surface area contributed by atoms with E-state index >= 15 is 0 Å². The maximum atomic E-state index is 12.3. The van der Waals surface area contributed by atoms with Gasteiger partial charge in [0.25, 0.3) is 5.91 Å². The molecule has 5 heteroatoms. The highest BCUT2D eigenvalue weighted by Gasteiger charge is 2.22. The van der Waals surface area contributed by atoms with E-state index in [1.807, 2.05) is 49.4 Å². The smallest absolute Gasteiger partial charge is 0.314 e. The lowest BCUT2D eigenvalue weighted by atomic mass is 9.99. The van der Waals surface area contributed by atoms with Crippen LogP contribution in [0.15, 0.2) is 59.7 Å². The van der Waals surface area contributed by atoms with Gasteiger partial charge in [-0.3, -0.25) is 9.59 Å². The van der Waals surface area contributed by atoms with E-state index in [2.05, 4.69) is 10.5 Å². The Kier molecular flexibility index (Phi) is 7.74. The summed E-state index contributed by atoms with van der Waals surface area (Å²) in [6.45, 7) is 5.82. The first-order valence-electron chi connectivity index (χ1n) is 9.23. The van der Waals surface area contributed by atoms with E-state index in [9.17, 15) is 9.59 Å². The molecular weight excluding hydrogens is 340 g/mol. The van der Waals surface area contributed by atoms with Crippen molar-refractivity contribution in [2.45, 2.75) is 33.6 Å². The molecule has 0 aliphatic heterocycles. The standard InChI is InChI=1S/C22H26N2O3/c1-4-9-20(22(26)27-5-2)16(3)23-24-21(25)19-14-12-18(13-15-19)17-10-7-6-8-11-17/h6-8,10-15,20H,4-5,9H2,1-3H3,(H,24,25)/b23-16+/t20-/m0/s1. The summed E-state index contributed by atoms with van der Waals surface area (Å²) in [5.41, 5.74) is 5.72. The van der Waals surface area contributed by atoms with Gasteiger partial charge in [-0.05, 0) is 43.5 Å². The second-order valence-corrected chi connectivity index (χ2v) is 6.23. The zero-order valence-electron chi connectivity index (χ0n) is 16.1. The van der Waals surface area contributed by atoms with Gasteiger partial charge in [-0.1, -0.05) is 55.8 Å². The maximum absolute atomic E-state index is 12.3. The Morgan fingerprint density at radius 1 is 1.00 bits per heavy atom. The van der Waals surface area contributed by atoms with Crippen LogP contribution in [-0.4, -0.2) is 24.2 Å². The largest absolute Gasteiger partial charge is 0.465 e. The van der Waals surface area contributed by atoms with Gasteiger partial charge in [-0.15, -0.1) is 0 Å². The number of amides is 1. The van der Waals surface area contributed by atoms with Gasteiger partial charge < -0.3 is 4.74 Å². The Morgan fingerprint density at radius 3 is 2.22 bits per heavy atom. The molecule has 142 valence electrons. The van der Waals surface area contributed by atoms with Gasteiger partial charge >= 0.3 is 5.97 Å². The molecule has 0 aliphatic rings. The molecule has 0 aromatic heterocycles. The second kappa shape index (κ2) is 10.3. The van der Waals surface area contributed by atoms with E-state index in [0.717, 1.165) is 17.5 Å². The van der Waals surface area contributed by atoms with Crippen molar-refractivity contribution in [1.82, 2.24) is 5.43 Å². The maximum Gasteiger partial charge on any atom is 0.314 e. The van der Waals surface area contributed by atoms with Crippen LogP contribution in [-0.2, 0) is 9.53 Å². The molecule has 0 bridgehead atoms. The van der Waals surface area contributed by atoms with Crippen LogP contribution < -0.4 is 5.43 Å². The van der Waals surface area contributed by atoms with E-state index < -0.39 is 5.92 Å². The van der Waals surface area contributed by atoms with Crippen LogP contribution in [0.25, 0.3) is 11.1 Å². The van der Waals surface area contributed by atoms with Crippen LogP contribution in [0.4, 0.5) is 0 Å². The minimum absolute atomic E-state index is 0.304. The Labute approximate surface area is 160 Å². The van der Waals surface area contributed by atoms with Gasteiger partial charge in [0.15, 0.2) is 0 Å². The van der Waals surface area contributed by atoms with Gasteiger partial charge in [0.1, 0.15) is 0 Å². The fraction of sp³-hybridized carbons (Fsp3) is 0.318. The predicted octanol–water partition coefficient (Wildman–Crippen LogP) is 4.44. The number of carbonyl (C=O) groups is 2. The average molecular weight is 366 g/mol. The number of esters is 1. The van der Waals surface area contributed by atoms with Crippen LogP contribution in [0.3, 0.4) is 0 Å². The molecule has 2 aromatic carbocycles. The number of hydrogen-bond donors (Lipinski definition) is 1. The van der Waals surface area contributed by atoms with E-state index in [1.54, 1.807) is 26.0 Å². The molecule has 0 unspecified atom stereocenters. The average Bonchev–Trinajstić information content (AvgIpc) is 2.71. The lowest BCUT2D eigenvalue weighted by Crippen LogP contribution is -2.27. The fourth-order valence-corrected chi connectivity index (χ4v) is 2.75. The molecule has 1 atom stereocenters. The number of ether oxygens (including phenoxy) is 1. The predicted molar refractivity (Wildman–Crippen MR) is 107 cm³/mol. The second-order valence-electron chi connectivity index (χ2n) is 6.23. The zero-order chi connectivity index (χ0) is 19.6. The molecule has 5 nitrogen and oxygen atoms in total. The third-order valence-electron chi connectivity index (χ3n) is 4.24. The van der Waals surface area contributed by atoms with E-state index in [4.69, 9.17) is 4.74 Å². The molecule has 1 N–H and O–H groups in total. The summed E-state index contributed by atoms with van der Waals surface area (Å²) >= 11 is 0. The summed E-state index contributed by atoms with van der Waals surface area (Å²) in [7, 11) is 0.